The average molecular weight is 371 g/mol. The van der Waals surface area contributed by atoms with Gasteiger partial charge in [0, 0.05) is 18.5 Å². The molecule has 3 aromatic rings. The Morgan fingerprint density at radius 1 is 1.08 bits per heavy atom. The predicted octanol–water partition coefficient (Wildman–Crippen LogP) is 2.40. The molecule has 0 aliphatic carbocycles. The lowest BCUT2D eigenvalue weighted by atomic mass is 10.2. The lowest BCUT2D eigenvalue weighted by Gasteiger charge is -2.24. The van der Waals surface area contributed by atoms with E-state index in [0.29, 0.717) is 12.4 Å². The van der Waals surface area contributed by atoms with Crippen LogP contribution in [0.15, 0.2) is 53.4 Å². The van der Waals surface area contributed by atoms with Gasteiger partial charge in [0.1, 0.15) is 0 Å². The summed E-state index contributed by atoms with van der Waals surface area (Å²) in [5.41, 5.74) is 3.04. The zero-order valence-electron chi connectivity index (χ0n) is 15.0. The summed E-state index contributed by atoms with van der Waals surface area (Å²) < 4.78 is 24.9. The molecule has 0 radical (unpaired) electrons. The molecular weight excluding hydrogens is 350 g/mol. The normalized spacial score (nSPS) is 11.5. The first-order valence-electron chi connectivity index (χ1n) is 8.28. The van der Waals surface area contributed by atoms with Crippen molar-refractivity contribution in [3.05, 3.63) is 59.9 Å². The van der Waals surface area contributed by atoms with Gasteiger partial charge in [-0.2, -0.15) is 4.68 Å². The number of nitrogens with zero attached hydrogens (tertiary/aromatic N) is 5. The van der Waals surface area contributed by atoms with Crippen LogP contribution in [0, 0.1) is 6.92 Å². The Kier molecular flexibility index (Phi) is 5.03. The molecule has 0 aliphatic heterocycles. The van der Waals surface area contributed by atoms with E-state index in [4.69, 9.17) is 0 Å². The maximum atomic E-state index is 11.6. The summed E-state index contributed by atoms with van der Waals surface area (Å²) >= 11 is 0. The van der Waals surface area contributed by atoms with E-state index in [1.54, 1.807) is 28.9 Å². The zero-order valence-corrected chi connectivity index (χ0v) is 15.8. The number of aromatic nitrogens is 4. The van der Waals surface area contributed by atoms with E-state index >= 15 is 0 Å². The maximum Gasteiger partial charge on any atom is 0.175 e. The number of rotatable bonds is 6. The second-order valence-electron chi connectivity index (χ2n) is 6.07. The van der Waals surface area contributed by atoms with Gasteiger partial charge >= 0.3 is 0 Å². The van der Waals surface area contributed by atoms with E-state index in [-0.39, 0.29) is 4.90 Å². The molecule has 0 N–H and O–H groups in total. The van der Waals surface area contributed by atoms with Crippen molar-refractivity contribution in [2.75, 3.05) is 17.7 Å². The minimum absolute atomic E-state index is 0.269. The molecule has 136 valence electrons. The molecule has 0 amide bonds. The van der Waals surface area contributed by atoms with E-state index in [2.05, 4.69) is 46.4 Å². The molecule has 0 aliphatic rings. The molecule has 2 aromatic carbocycles. The van der Waals surface area contributed by atoms with Gasteiger partial charge < -0.3 is 4.90 Å². The van der Waals surface area contributed by atoms with Crippen molar-refractivity contribution in [1.29, 1.82) is 0 Å². The first kappa shape index (κ1) is 18.1. The smallest absolute Gasteiger partial charge is 0.175 e. The van der Waals surface area contributed by atoms with Crippen molar-refractivity contribution >= 4 is 15.5 Å². The SMILES string of the molecule is CCN(Cc1nnnn1-c1ccc(S(C)(=O)=O)cc1)c1ccccc1C. The number of hydrogen-bond acceptors (Lipinski definition) is 6. The van der Waals surface area contributed by atoms with E-state index in [0.717, 1.165) is 17.9 Å². The van der Waals surface area contributed by atoms with Crippen LogP contribution in [0.3, 0.4) is 0 Å². The van der Waals surface area contributed by atoms with Gasteiger partial charge in [-0.1, -0.05) is 18.2 Å². The van der Waals surface area contributed by atoms with Gasteiger partial charge in [0.05, 0.1) is 17.1 Å². The third-order valence-corrected chi connectivity index (χ3v) is 5.34. The van der Waals surface area contributed by atoms with Crippen molar-refractivity contribution in [2.45, 2.75) is 25.3 Å². The third-order valence-electron chi connectivity index (χ3n) is 4.21. The van der Waals surface area contributed by atoms with Crippen molar-refractivity contribution in [3.63, 3.8) is 0 Å². The quantitative estimate of drug-likeness (QED) is 0.662. The van der Waals surface area contributed by atoms with Crippen LogP contribution in [-0.2, 0) is 16.4 Å². The first-order valence-corrected chi connectivity index (χ1v) is 10.2. The molecule has 0 spiro atoms. The van der Waals surface area contributed by atoms with Crippen LogP contribution in [0.4, 0.5) is 5.69 Å². The molecule has 0 unspecified atom stereocenters. The Morgan fingerprint density at radius 2 is 1.77 bits per heavy atom. The Hall–Kier alpha value is -2.74. The number of aryl methyl sites for hydroxylation is 1. The Morgan fingerprint density at radius 3 is 2.38 bits per heavy atom. The minimum atomic E-state index is -3.23. The zero-order chi connectivity index (χ0) is 18.7. The molecule has 3 rings (SSSR count). The predicted molar refractivity (Wildman–Crippen MR) is 100 cm³/mol. The maximum absolute atomic E-state index is 11.6. The van der Waals surface area contributed by atoms with Gasteiger partial charge in [-0.05, 0) is 60.2 Å². The van der Waals surface area contributed by atoms with Crippen LogP contribution in [0.25, 0.3) is 5.69 Å². The van der Waals surface area contributed by atoms with Crippen LogP contribution < -0.4 is 4.90 Å². The molecule has 26 heavy (non-hydrogen) atoms. The summed E-state index contributed by atoms with van der Waals surface area (Å²) in [5.74, 6) is 0.683. The van der Waals surface area contributed by atoms with E-state index in [1.807, 2.05) is 12.1 Å². The van der Waals surface area contributed by atoms with Gasteiger partial charge in [0.25, 0.3) is 0 Å². The lowest BCUT2D eigenvalue weighted by molar-refractivity contribution is 0.602. The van der Waals surface area contributed by atoms with Gasteiger partial charge in [-0.3, -0.25) is 0 Å². The van der Waals surface area contributed by atoms with Crippen molar-refractivity contribution in [3.8, 4) is 5.69 Å². The van der Waals surface area contributed by atoms with E-state index in [1.165, 1.54) is 11.8 Å². The summed E-state index contributed by atoms with van der Waals surface area (Å²) in [7, 11) is -3.23. The summed E-state index contributed by atoms with van der Waals surface area (Å²) in [4.78, 5) is 2.47. The van der Waals surface area contributed by atoms with E-state index in [9.17, 15) is 8.42 Å². The van der Waals surface area contributed by atoms with Crippen LogP contribution >= 0.6 is 0 Å². The van der Waals surface area contributed by atoms with E-state index < -0.39 is 9.84 Å². The van der Waals surface area contributed by atoms with Gasteiger partial charge in [-0.15, -0.1) is 5.10 Å². The number of tetrazole rings is 1. The molecule has 7 nitrogen and oxygen atoms in total. The van der Waals surface area contributed by atoms with Crippen molar-refractivity contribution in [2.24, 2.45) is 0 Å². The Labute approximate surface area is 153 Å². The fraction of sp³-hybridized carbons (Fsp3) is 0.278. The highest BCUT2D eigenvalue weighted by atomic mass is 32.2. The average Bonchev–Trinajstić information content (AvgIpc) is 3.08. The van der Waals surface area contributed by atoms with Crippen LogP contribution in [0.1, 0.15) is 18.3 Å². The number of sulfone groups is 1. The highest BCUT2D eigenvalue weighted by molar-refractivity contribution is 7.90. The molecule has 8 heteroatoms. The summed E-state index contributed by atoms with van der Waals surface area (Å²) in [5, 5.41) is 12.0. The molecular formula is C18H21N5O2S. The van der Waals surface area contributed by atoms with Crippen LogP contribution in [-0.4, -0.2) is 41.4 Å². The monoisotopic (exact) mass is 371 g/mol. The summed E-state index contributed by atoms with van der Waals surface area (Å²) in [6.07, 6.45) is 1.19. The standard InChI is InChI=1S/C18H21N5O2S/c1-4-22(17-8-6-5-7-14(17)2)13-18-19-20-21-23(18)15-9-11-16(12-10-15)26(3,24)25/h5-12H,4,13H2,1-3H3. The highest BCUT2D eigenvalue weighted by Crippen LogP contribution is 2.21. The molecule has 0 saturated heterocycles. The molecule has 0 atom stereocenters. The van der Waals surface area contributed by atoms with Gasteiger partial charge in [0.15, 0.2) is 15.7 Å². The number of hydrogen-bond donors (Lipinski definition) is 0. The molecule has 1 aromatic heterocycles. The largest absolute Gasteiger partial charge is 0.364 e. The highest BCUT2D eigenvalue weighted by Gasteiger charge is 2.15. The Bertz CT molecular complexity index is 996. The molecule has 1 heterocycles. The summed E-state index contributed by atoms with van der Waals surface area (Å²) in [6, 6.07) is 14.7. The summed E-state index contributed by atoms with van der Waals surface area (Å²) in [6.45, 7) is 5.51. The second-order valence-corrected chi connectivity index (χ2v) is 8.09. The van der Waals surface area contributed by atoms with Crippen LogP contribution in [0.2, 0.25) is 0 Å². The molecule has 0 saturated carbocycles. The Balaban J connectivity index is 1.90. The number of anilines is 1. The molecule has 0 bridgehead atoms. The van der Waals surface area contributed by atoms with Crippen molar-refractivity contribution in [1.82, 2.24) is 20.2 Å². The van der Waals surface area contributed by atoms with Crippen molar-refractivity contribution < 1.29 is 8.42 Å². The van der Waals surface area contributed by atoms with Gasteiger partial charge in [-0.25, -0.2) is 8.42 Å². The first-order chi connectivity index (χ1) is 12.4. The number of para-hydroxylation sites is 1. The third kappa shape index (κ3) is 3.75. The molecule has 0 fully saturated rings. The van der Waals surface area contributed by atoms with Crippen LogP contribution in [0.5, 0.6) is 0 Å². The fourth-order valence-electron chi connectivity index (χ4n) is 2.80. The lowest BCUT2D eigenvalue weighted by Crippen LogP contribution is -2.25. The topological polar surface area (TPSA) is 81.0 Å². The number of benzene rings is 2. The minimum Gasteiger partial charge on any atom is -0.364 e. The van der Waals surface area contributed by atoms with Gasteiger partial charge in [0.2, 0.25) is 0 Å². The second kappa shape index (κ2) is 7.25. The fourth-order valence-corrected chi connectivity index (χ4v) is 3.43.